The summed E-state index contributed by atoms with van der Waals surface area (Å²) in [5.41, 5.74) is 2.71. The van der Waals surface area contributed by atoms with Gasteiger partial charge in [-0.1, -0.05) is 18.2 Å². The van der Waals surface area contributed by atoms with Crippen molar-refractivity contribution in [3.05, 3.63) is 43.0 Å². The lowest BCUT2D eigenvalue weighted by Crippen LogP contribution is -2.18. The van der Waals surface area contributed by atoms with Crippen LogP contribution in [0.4, 0.5) is 5.82 Å². The second kappa shape index (κ2) is 5.28. The number of thioether (sulfide) groups is 1. The van der Waals surface area contributed by atoms with Crippen LogP contribution in [0.1, 0.15) is 12.8 Å². The van der Waals surface area contributed by atoms with Crippen molar-refractivity contribution >= 4 is 28.7 Å². The van der Waals surface area contributed by atoms with E-state index in [2.05, 4.69) is 26.5 Å². The third kappa shape index (κ3) is 2.33. The summed E-state index contributed by atoms with van der Waals surface area (Å²) in [6.07, 6.45) is 8.13. The second-order valence-electron chi connectivity index (χ2n) is 5.59. The zero-order valence-corrected chi connectivity index (χ0v) is 13.2. The highest BCUT2D eigenvalue weighted by molar-refractivity contribution is 8.00. The lowest BCUT2D eigenvalue weighted by Gasteiger charge is -2.13. The lowest BCUT2D eigenvalue weighted by molar-refractivity contribution is 0.940. The van der Waals surface area contributed by atoms with Gasteiger partial charge in [-0.05, 0) is 31.2 Å². The molecule has 0 unspecified atom stereocenters. The first kappa shape index (κ1) is 13.6. The molecule has 2 aromatic heterocycles. The number of nitrogens with zero attached hydrogens (tertiary/aromatic N) is 4. The maximum Gasteiger partial charge on any atom is 0.170 e. The first-order valence-corrected chi connectivity index (χ1v) is 8.56. The maximum absolute atomic E-state index is 4.51. The molecule has 112 valence electrons. The Kier molecular flexibility index (Phi) is 3.26. The number of benzene rings is 1. The molecule has 3 aromatic rings. The molecule has 6 heteroatoms. The Morgan fingerprint density at radius 1 is 1.18 bits per heavy atom. The molecular weight excluding hydrogens is 294 g/mol. The molecule has 0 radical (unpaired) electrons. The highest BCUT2D eigenvalue weighted by atomic mass is 32.2. The number of nitrogens with one attached hydrogen (secondary N) is 1. The van der Waals surface area contributed by atoms with Gasteiger partial charge in [0.1, 0.15) is 12.7 Å². The molecule has 2 heterocycles. The number of para-hydroxylation sites is 1. The van der Waals surface area contributed by atoms with Crippen LogP contribution in [0.15, 0.2) is 43.0 Å². The molecule has 0 spiro atoms. The van der Waals surface area contributed by atoms with Gasteiger partial charge in [-0.15, -0.1) is 0 Å². The van der Waals surface area contributed by atoms with Crippen molar-refractivity contribution in [3.63, 3.8) is 0 Å². The monoisotopic (exact) mass is 311 g/mol. The predicted octanol–water partition coefficient (Wildman–Crippen LogP) is 3.12. The van der Waals surface area contributed by atoms with E-state index in [-0.39, 0.29) is 0 Å². The van der Waals surface area contributed by atoms with E-state index in [1.165, 1.54) is 12.8 Å². The minimum atomic E-state index is 0.388. The molecule has 1 saturated carbocycles. The molecule has 0 bridgehead atoms. The molecule has 1 N–H and O–H groups in total. The first-order valence-electron chi connectivity index (χ1n) is 7.34. The zero-order valence-electron chi connectivity index (χ0n) is 12.4. The number of hydrogen-bond donors (Lipinski definition) is 1. The average Bonchev–Trinajstić information content (AvgIpc) is 3.23. The fourth-order valence-corrected chi connectivity index (χ4v) is 3.31. The van der Waals surface area contributed by atoms with Gasteiger partial charge in [-0.25, -0.2) is 15.0 Å². The van der Waals surface area contributed by atoms with Crippen molar-refractivity contribution in [2.24, 2.45) is 0 Å². The largest absolute Gasteiger partial charge is 0.367 e. The van der Waals surface area contributed by atoms with Gasteiger partial charge in [-0.3, -0.25) is 4.57 Å². The predicted molar refractivity (Wildman–Crippen MR) is 90.6 cm³/mol. The minimum absolute atomic E-state index is 0.388. The molecule has 4 rings (SSSR count). The van der Waals surface area contributed by atoms with E-state index in [0.717, 1.165) is 29.2 Å². The van der Waals surface area contributed by atoms with Crippen molar-refractivity contribution in [1.29, 1.82) is 0 Å². The molecule has 0 saturated heterocycles. The van der Waals surface area contributed by atoms with Crippen LogP contribution in [0.25, 0.3) is 16.9 Å². The Morgan fingerprint density at radius 2 is 2.00 bits per heavy atom. The van der Waals surface area contributed by atoms with E-state index in [0.29, 0.717) is 4.75 Å². The van der Waals surface area contributed by atoms with Crippen LogP contribution in [0, 0.1) is 0 Å². The van der Waals surface area contributed by atoms with Crippen molar-refractivity contribution in [2.45, 2.75) is 17.6 Å². The molecule has 0 aliphatic heterocycles. The van der Waals surface area contributed by atoms with E-state index in [4.69, 9.17) is 0 Å². The van der Waals surface area contributed by atoms with Crippen LogP contribution >= 0.6 is 11.8 Å². The summed E-state index contributed by atoms with van der Waals surface area (Å²) in [5.74, 6) is 0.819. The highest BCUT2D eigenvalue weighted by Gasteiger charge is 2.41. The fraction of sp³-hybridized carbons (Fsp3) is 0.312. The van der Waals surface area contributed by atoms with Crippen LogP contribution in [0.5, 0.6) is 0 Å². The van der Waals surface area contributed by atoms with Crippen LogP contribution < -0.4 is 5.32 Å². The van der Waals surface area contributed by atoms with Crippen LogP contribution in [0.3, 0.4) is 0 Å². The zero-order chi connectivity index (χ0) is 15.0. The Hall–Kier alpha value is -2.08. The standard InChI is InChI=1S/C16H17N5S/c1-22-16(7-8-16)9-17-14-13-15(19-10-18-14)21(11-20-13)12-5-3-2-4-6-12/h2-6,10-11H,7-9H2,1H3,(H,17,18,19). The van der Waals surface area contributed by atoms with Gasteiger partial charge < -0.3 is 5.32 Å². The van der Waals surface area contributed by atoms with E-state index >= 15 is 0 Å². The van der Waals surface area contributed by atoms with Gasteiger partial charge in [0.15, 0.2) is 17.0 Å². The Labute approximate surface area is 133 Å². The van der Waals surface area contributed by atoms with Gasteiger partial charge in [-0.2, -0.15) is 11.8 Å². The summed E-state index contributed by atoms with van der Waals surface area (Å²) < 4.78 is 2.38. The van der Waals surface area contributed by atoms with Gasteiger partial charge in [0.25, 0.3) is 0 Å². The fourth-order valence-electron chi connectivity index (χ4n) is 2.58. The summed E-state index contributed by atoms with van der Waals surface area (Å²) in [6.45, 7) is 0.929. The lowest BCUT2D eigenvalue weighted by atomic mass is 10.3. The second-order valence-corrected chi connectivity index (χ2v) is 6.86. The average molecular weight is 311 g/mol. The molecule has 0 amide bonds. The Bertz CT molecular complexity index is 795. The summed E-state index contributed by atoms with van der Waals surface area (Å²) >= 11 is 1.93. The summed E-state index contributed by atoms with van der Waals surface area (Å²) in [7, 11) is 0. The highest BCUT2D eigenvalue weighted by Crippen LogP contribution is 2.47. The van der Waals surface area contributed by atoms with Crippen LogP contribution in [0.2, 0.25) is 0 Å². The molecule has 5 nitrogen and oxygen atoms in total. The molecular formula is C16H17N5S. The minimum Gasteiger partial charge on any atom is -0.367 e. The SMILES string of the molecule is CSC1(CNc2ncnc3c2ncn3-c2ccccc2)CC1. The third-order valence-electron chi connectivity index (χ3n) is 4.19. The number of rotatable bonds is 5. The van der Waals surface area contributed by atoms with Gasteiger partial charge >= 0.3 is 0 Å². The van der Waals surface area contributed by atoms with Crippen molar-refractivity contribution < 1.29 is 0 Å². The normalized spacial score (nSPS) is 15.9. The van der Waals surface area contributed by atoms with Gasteiger partial charge in [0.2, 0.25) is 0 Å². The molecule has 1 aliphatic rings. The van der Waals surface area contributed by atoms with Crippen molar-refractivity contribution in [3.8, 4) is 5.69 Å². The summed E-state index contributed by atoms with van der Waals surface area (Å²) in [5, 5.41) is 3.46. The quantitative estimate of drug-likeness (QED) is 0.784. The van der Waals surface area contributed by atoms with E-state index in [1.807, 2.05) is 46.7 Å². The smallest absolute Gasteiger partial charge is 0.170 e. The number of fused-ring (bicyclic) bond motifs is 1. The van der Waals surface area contributed by atoms with E-state index in [1.54, 1.807) is 12.7 Å². The molecule has 22 heavy (non-hydrogen) atoms. The Balaban J connectivity index is 1.68. The van der Waals surface area contributed by atoms with Gasteiger partial charge in [0, 0.05) is 17.0 Å². The molecule has 1 aromatic carbocycles. The van der Waals surface area contributed by atoms with Gasteiger partial charge in [0.05, 0.1) is 0 Å². The Morgan fingerprint density at radius 3 is 2.73 bits per heavy atom. The molecule has 1 fully saturated rings. The summed E-state index contributed by atoms with van der Waals surface area (Å²) in [6, 6.07) is 10.1. The first-order chi connectivity index (χ1) is 10.8. The number of aromatic nitrogens is 4. The molecule has 0 atom stereocenters. The molecule has 1 aliphatic carbocycles. The third-order valence-corrected chi connectivity index (χ3v) is 5.61. The van der Waals surface area contributed by atoms with Crippen molar-refractivity contribution in [2.75, 3.05) is 18.1 Å². The topological polar surface area (TPSA) is 55.6 Å². The summed E-state index contributed by atoms with van der Waals surface area (Å²) in [4.78, 5) is 13.3. The maximum atomic E-state index is 4.51. The number of anilines is 1. The van der Waals surface area contributed by atoms with E-state index < -0.39 is 0 Å². The van der Waals surface area contributed by atoms with E-state index in [9.17, 15) is 0 Å². The number of hydrogen-bond acceptors (Lipinski definition) is 5. The van der Waals surface area contributed by atoms with Crippen molar-refractivity contribution in [1.82, 2.24) is 19.5 Å². The van der Waals surface area contributed by atoms with Crippen LogP contribution in [-0.4, -0.2) is 37.1 Å². The van der Waals surface area contributed by atoms with Crippen LogP contribution in [-0.2, 0) is 0 Å². The number of imidazole rings is 1.